The zero-order chi connectivity index (χ0) is 17.4. The van der Waals surface area contributed by atoms with Crippen LogP contribution in [0, 0.1) is 0 Å². The fourth-order valence-corrected chi connectivity index (χ4v) is 2.35. The fourth-order valence-electron chi connectivity index (χ4n) is 2.35. The van der Waals surface area contributed by atoms with E-state index in [0.29, 0.717) is 10.9 Å². The predicted octanol–water partition coefficient (Wildman–Crippen LogP) is 3.29. The van der Waals surface area contributed by atoms with Crippen molar-refractivity contribution in [3.05, 3.63) is 60.4 Å². The Bertz CT molecular complexity index is 1040. The maximum Gasteiger partial charge on any atom is 0.451 e. The molecule has 2 heterocycles. The Labute approximate surface area is 139 Å². The number of aromatic nitrogens is 6. The SMILES string of the molecule is FC(F)(F)c1nc(-n2nnc(-c3ccccc3)n2)c2ccccc2n1. The summed E-state index contributed by atoms with van der Waals surface area (Å²) in [6, 6.07) is 15.4. The Balaban J connectivity index is 1.90. The Morgan fingerprint density at radius 2 is 1.56 bits per heavy atom. The number of hydrogen-bond donors (Lipinski definition) is 0. The lowest BCUT2D eigenvalue weighted by Crippen LogP contribution is -2.15. The lowest BCUT2D eigenvalue weighted by atomic mass is 10.2. The minimum atomic E-state index is -4.68. The number of alkyl halides is 3. The number of para-hydroxylation sites is 1. The van der Waals surface area contributed by atoms with Crippen LogP contribution >= 0.6 is 0 Å². The average Bonchev–Trinajstić information content (AvgIpc) is 3.11. The van der Waals surface area contributed by atoms with E-state index >= 15 is 0 Å². The van der Waals surface area contributed by atoms with Crippen molar-refractivity contribution in [1.29, 1.82) is 0 Å². The number of nitrogens with zero attached hydrogens (tertiary/aromatic N) is 6. The van der Waals surface area contributed by atoms with E-state index in [1.807, 2.05) is 6.07 Å². The van der Waals surface area contributed by atoms with E-state index < -0.39 is 12.0 Å². The van der Waals surface area contributed by atoms with Gasteiger partial charge in [0.05, 0.1) is 5.52 Å². The summed E-state index contributed by atoms with van der Waals surface area (Å²) in [5, 5.41) is 12.3. The summed E-state index contributed by atoms with van der Waals surface area (Å²) >= 11 is 0. The summed E-state index contributed by atoms with van der Waals surface area (Å²) < 4.78 is 39.3. The van der Waals surface area contributed by atoms with Crippen LogP contribution < -0.4 is 0 Å². The molecule has 0 bridgehead atoms. The van der Waals surface area contributed by atoms with Crippen LogP contribution in [0.3, 0.4) is 0 Å². The molecule has 0 saturated heterocycles. The molecule has 2 aromatic heterocycles. The van der Waals surface area contributed by atoms with Crippen molar-refractivity contribution in [2.45, 2.75) is 6.18 Å². The third-order valence-electron chi connectivity index (χ3n) is 3.47. The third kappa shape index (κ3) is 2.80. The first-order chi connectivity index (χ1) is 12.0. The van der Waals surface area contributed by atoms with E-state index in [1.165, 1.54) is 6.07 Å². The van der Waals surface area contributed by atoms with Gasteiger partial charge in [-0.05, 0) is 17.3 Å². The highest BCUT2D eigenvalue weighted by Crippen LogP contribution is 2.29. The topological polar surface area (TPSA) is 69.4 Å². The monoisotopic (exact) mass is 342 g/mol. The highest BCUT2D eigenvalue weighted by Gasteiger charge is 2.36. The minimum Gasteiger partial charge on any atom is -0.224 e. The first kappa shape index (κ1) is 15.2. The van der Waals surface area contributed by atoms with E-state index in [9.17, 15) is 13.2 Å². The summed E-state index contributed by atoms with van der Waals surface area (Å²) in [7, 11) is 0. The van der Waals surface area contributed by atoms with E-state index in [2.05, 4.69) is 25.4 Å². The first-order valence-electron chi connectivity index (χ1n) is 7.22. The van der Waals surface area contributed by atoms with Crippen molar-refractivity contribution < 1.29 is 13.2 Å². The molecule has 0 aliphatic heterocycles. The molecule has 0 aliphatic rings. The summed E-state index contributed by atoms with van der Waals surface area (Å²) in [5.41, 5.74) is 0.849. The van der Waals surface area contributed by atoms with E-state index in [4.69, 9.17) is 0 Å². The van der Waals surface area contributed by atoms with Crippen molar-refractivity contribution in [2.75, 3.05) is 0 Å². The second-order valence-corrected chi connectivity index (χ2v) is 5.15. The van der Waals surface area contributed by atoms with Crippen LogP contribution in [0.5, 0.6) is 0 Å². The number of hydrogen-bond acceptors (Lipinski definition) is 5. The smallest absolute Gasteiger partial charge is 0.224 e. The van der Waals surface area contributed by atoms with E-state index in [1.54, 1.807) is 42.5 Å². The van der Waals surface area contributed by atoms with Gasteiger partial charge in [-0.15, -0.1) is 15.0 Å². The van der Waals surface area contributed by atoms with Crippen LogP contribution in [0.1, 0.15) is 5.82 Å². The van der Waals surface area contributed by atoms with Gasteiger partial charge in [0, 0.05) is 10.9 Å². The van der Waals surface area contributed by atoms with Gasteiger partial charge in [-0.3, -0.25) is 0 Å². The van der Waals surface area contributed by atoms with Crippen molar-refractivity contribution in [1.82, 2.24) is 30.2 Å². The van der Waals surface area contributed by atoms with E-state index in [0.717, 1.165) is 4.80 Å². The van der Waals surface area contributed by atoms with Crippen LogP contribution in [-0.2, 0) is 6.18 Å². The largest absolute Gasteiger partial charge is 0.451 e. The molecule has 0 amide bonds. The van der Waals surface area contributed by atoms with Crippen LogP contribution in [0.25, 0.3) is 28.1 Å². The van der Waals surface area contributed by atoms with Crippen LogP contribution in [0.4, 0.5) is 13.2 Å². The fraction of sp³-hybridized carbons (Fsp3) is 0.0625. The molecular weight excluding hydrogens is 333 g/mol. The van der Waals surface area contributed by atoms with Gasteiger partial charge in [-0.25, -0.2) is 9.97 Å². The lowest BCUT2D eigenvalue weighted by Gasteiger charge is -2.09. The molecule has 9 heteroatoms. The zero-order valence-electron chi connectivity index (χ0n) is 12.5. The number of fused-ring (bicyclic) bond motifs is 1. The molecule has 0 aliphatic carbocycles. The highest BCUT2D eigenvalue weighted by molar-refractivity contribution is 5.85. The first-order valence-corrected chi connectivity index (χ1v) is 7.22. The Morgan fingerprint density at radius 3 is 2.32 bits per heavy atom. The quantitative estimate of drug-likeness (QED) is 0.559. The molecule has 0 spiro atoms. The van der Waals surface area contributed by atoms with Gasteiger partial charge >= 0.3 is 6.18 Å². The number of halogens is 3. The van der Waals surface area contributed by atoms with Gasteiger partial charge in [-0.2, -0.15) is 13.2 Å². The summed E-state index contributed by atoms with van der Waals surface area (Å²) in [4.78, 5) is 8.17. The maximum atomic E-state index is 13.1. The van der Waals surface area contributed by atoms with Crippen molar-refractivity contribution in [3.63, 3.8) is 0 Å². The van der Waals surface area contributed by atoms with Crippen molar-refractivity contribution in [2.24, 2.45) is 0 Å². The standard InChI is InChI=1S/C16H9F3N6/c17-16(18,19)15-20-12-9-5-4-8-11(12)14(21-15)25-23-13(22-24-25)10-6-2-1-3-7-10/h1-9H. The summed E-state index contributed by atoms with van der Waals surface area (Å²) in [6.45, 7) is 0. The molecule has 0 fully saturated rings. The average molecular weight is 342 g/mol. The molecule has 0 saturated carbocycles. The molecule has 2 aromatic carbocycles. The molecule has 0 radical (unpaired) electrons. The molecule has 0 N–H and O–H groups in total. The Morgan fingerprint density at radius 1 is 0.840 bits per heavy atom. The Kier molecular flexibility index (Phi) is 3.41. The normalized spacial score (nSPS) is 11.8. The van der Waals surface area contributed by atoms with Crippen LogP contribution in [-0.4, -0.2) is 30.2 Å². The minimum absolute atomic E-state index is 0.0763. The second-order valence-electron chi connectivity index (χ2n) is 5.15. The highest BCUT2D eigenvalue weighted by atomic mass is 19.4. The number of rotatable bonds is 2. The van der Waals surface area contributed by atoms with Crippen molar-refractivity contribution in [3.8, 4) is 17.2 Å². The van der Waals surface area contributed by atoms with Crippen molar-refractivity contribution >= 4 is 10.9 Å². The van der Waals surface area contributed by atoms with Crippen LogP contribution in [0.15, 0.2) is 54.6 Å². The van der Waals surface area contributed by atoms with Gasteiger partial charge in [0.15, 0.2) is 5.82 Å². The molecule has 6 nitrogen and oxygen atoms in total. The zero-order valence-corrected chi connectivity index (χ0v) is 12.5. The Hall–Kier alpha value is -3.36. The van der Waals surface area contributed by atoms with Gasteiger partial charge in [-0.1, -0.05) is 42.5 Å². The predicted molar refractivity (Wildman–Crippen MR) is 82.7 cm³/mol. The molecule has 0 unspecified atom stereocenters. The van der Waals surface area contributed by atoms with Gasteiger partial charge < -0.3 is 0 Å². The van der Waals surface area contributed by atoms with Gasteiger partial charge in [0.2, 0.25) is 11.6 Å². The molecule has 4 rings (SSSR count). The van der Waals surface area contributed by atoms with Crippen LogP contribution in [0.2, 0.25) is 0 Å². The molecule has 25 heavy (non-hydrogen) atoms. The molecule has 0 atom stereocenters. The molecular formula is C16H9F3N6. The molecule has 124 valence electrons. The number of benzene rings is 2. The summed E-state index contributed by atoms with van der Waals surface area (Å²) in [6.07, 6.45) is -4.68. The van der Waals surface area contributed by atoms with E-state index in [-0.39, 0.29) is 17.2 Å². The van der Waals surface area contributed by atoms with Gasteiger partial charge in [0.25, 0.3) is 0 Å². The van der Waals surface area contributed by atoms with Gasteiger partial charge in [0.1, 0.15) is 0 Å². The third-order valence-corrected chi connectivity index (χ3v) is 3.47. The maximum absolute atomic E-state index is 13.1. The summed E-state index contributed by atoms with van der Waals surface area (Å²) in [5.74, 6) is -1.04. The number of tetrazole rings is 1. The molecule has 4 aromatic rings. The lowest BCUT2D eigenvalue weighted by molar-refractivity contribution is -0.144. The second kappa shape index (κ2) is 5.62.